The number of oxazole rings is 1. The van der Waals surface area contributed by atoms with E-state index in [4.69, 9.17) is 4.42 Å². The lowest BCUT2D eigenvalue weighted by atomic mass is 9.85. The van der Waals surface area contributed by atoms with Gasteiger partial charge in [-0.25, -0.2) is 4.98 Å². The van der Waals surface area contributed by atoms with E-state index in [1.165, 1.54) is 19.2 Å². The minimum Gasteiger partial charge on any atom is -0.443 e. The second-order valence-corrected chi connectivity index (χ2v) is 6.12. The lowest BCUT2D eigenvalue weighted by molar-refractivity contribution is 0.0767. The highest BCUT2D eigenvalue weighted by molar-refractivity contribution is 6.00. The first kappa shape index (κ1) is 12.1. The number of nitrogens with zero attached hydrogens (tertiary/aromatic N) is 2. The quantitative estimate of drug-likeness (QED) is 0.787. The van der Waals surface area contributed by atoms with Crippen LogP contribution in [0.15, 0.2) is 29.0 Å². The minimum absolute atomic E-state index is 0.174. The fourth-order valence-corrected chi connectivity index (χ4v) is 3.87. The summed E-state index contributed by atoms with van der Waals surface area (Å²) >= 11 is 0. The number of carbonyl (C=O) groups excluding carboxylic acids is 1. The summed E-state index contributed by atoms with van der Waals surface area (Å²) in [6, 6.07) is 6.77. The summed E-state index contributed by atoms with van der Waals surface area (Å²) in [7, 11) is 2.20. The topological polar surface area (TPSA) is 46.3 Å². The maximum Gasteiger partial charge on any atom is 0.181 e. The molecule has 0 saturated carbocycles. The number of carbonyl (C=O) groups is 1. The normalized spacial score (nSPS) is 29.9. The van der Waals surface area contributed by atoms with Gasteiger partial charge in [0.2, 0.25) is 0 Å². The number of piperidine rings is 1. The summed E-state index contributed by atoms with van der Waals surface area (Å²) in [6.45, 7) is 0. The summed E-state index contributed by atoms with van der Waals surface area (Å²) in [5.74, 6) is 0.452. The smallest absolute Gasteiger partial charge is 0.181 e. The highest BCUT2D eigenvalue weighted by Gasteiger charge is 2.40. The van der Waals surface area contributed by atoms with Crippen molar-refractivity contribution < 1.29 is 9.21 Å². The molecule has 4 rings (SSSR count). The number of fused-ring (bicyclic) bond motifs is 3. The molecule has 2 saturated heterocycles. The van der Waals surface area contributed by atoms with Crippen LogP contribution in [0.5, 0.6) is 0 Å². The van der Waals surface area contributed by atoms with E-state index in [-0.39, 0.29) is 11.7 Å². The van der Waals surface area contributed by atoms with Crippen molar-refractivity contribution in [3.05, 3.63) is 30.2 Å². The zero-order valence-electron chi connectivity index (χ0n) is 11.6. The van der Waals surface area contributed by atoms with Crippen LogP contribution in [0.4, 0.5) is 0 Å². The molecular weight excluding hydrogens is 252 g/mol. The molecular formula is C16H18N2O2. The van der Waals surface area contributed by atoms with Crippen LogP contribution < -0.4 is 0 Å². The lowest BCUT2D eigenvalue weighted by Crippen LogP contribution is -2.42. The number of rotatable bonds is 2. The maximum atomic E-state index is 12.7. The van der Waals surface area contributed by atoms with Crippen LogP contribution in [0.25, 0.3) is 11.1 Å². The van der Waals surface area contributed by atoms with Crippen molar-refractivity contribution in [1.82, 2.24) is 9.88 Å². The molecule has 2 aromatic rings. The number of benzene rings is 1. The van der Waals surface area contributed by atoms with Crippen molar-refractivity contribution >= 4 is 16.9 Å². The lowest BCUT2D eigenvalue weighted by Gasteiger charge is -2.35. The van der Waals surface area contributed by atoms with Crippen LogP contribution in [0.3, 0.4) is 0 Å². The Morgan fingerprint density at radius 2 is 2.05 bits per heavy atom. The third-order valence-electron chi connectivity index (χ3n) is 5.08. The zero-order chi connectivity index (χ0) is 13.7. The van der Waals surface area contributed by atoms with E-state index in [0.717, 1.165) is 29.5 Å². The van der Waals surface area contributed by atoms with Gasteiger partial charge in [-0.15, -0.1) is 0 Å². The zero-order valence-corrected chi connectivity index (χ0v) is 11.6. The molecule has 0 radical (unpaired) electrons. The standard InChI is InChI=1S/C16H18N2O2/c1-18-12-3-4-13(18)7-11(6-12)16(19)10-2-5-15-14(8-10)17-9-20-15/h2,5,8-9,11-13H,3-4,6-7H2,1H3. The van der Waals surface area contributed by atoms with E-state index in [1.54, 1.807) is 0 Å². The van der Waals surface area contributed by atoms with Crippen molar-refractivity contribution in [3.8, 4) is 0 Å². The van der Waals surface area contributed by atoms with Crippen LogP contribution in [0, 0.1) is 5.92 Å². The first-order valence-electron chi connectivity index (χ1n) is 7.32. The van der Waals surface area contributed by atoms with Crippen LogP contribution in [0.1, 0.15) is 36.0 Å². The summed E-state index contributed by atoms with van der Waals surface area (Å²) < 4.78 is 5.23. The van der Waals surface area contributed by atoms with E-state index in [1.807, 2.05) is 18.2 Å². The van der Waals surface area contributed by atoms with Gasteiger partial charge in [-0.1, -0.05) is 0 Å². The van der Waals surface area contributed by atoms with Gasteiger partial charge in [0.05, 0.1) is 0 Å². The fourth-order valence-electron chi connectivity index (χ4n) is 3.87. The third kappa shape index (κ3) is 1.79. The summed E-state index contributed by atoms with van der Waals surface area (Å²) in [4.78, 5) is 19.3. The van der Waals surface area contributed by atoms with Crippen molar-refractivity contribution in [2.24, 2.45) is 5.92 Å². The predicted octanol–water partition coefficient (Wildman–Crippen LogP) is 2.88. The van der Waals surface area contributed by atoms with E-state index in [0.29, 0.717) is 12.1 Å². The summed E-state index contributed by atoms with van der Waals surface area (Å²) in [5.41, 5.74) is 2.29. The number of hydrogen-bond acceptors (Lipinski definition) is 4. The van der Waals surface area contributed by atoms with Crippen LogP contribution >= 0.6 is 0 Å². The van der Waals surface area contributed by atoms with Crippen LogP contribution in [-0.4, -0.2) is 34.8 Å². The monoisotopic (exact) mass is 270 g/mol. The van der Waals surface area contributed by atoms with Crippen molar-refractivity contribution in [3.63, 3.8) is 0 Å². The van der Waals surface area contributed by atoms with Crippen molar-refractivity contribution in [1.29, 1.82) is 0 Å². The molecule has 1 aromatic heterocycles. The molecule has 4 nitrogen and oxygen atoms in total. The van der Waals surface area contributed by atoms with Crippen molar-refractivity contribution in [2.45, 2.75) is 37.8 Å². The second kappa shape index (κ2) is 4.42. The van der Waals surface area contributed by atoms with E-state index in [9.17, 15) is 4.79 Å². The van der Waals surface area contributed by atoms with Gasteiger partial charge in [0, 0.05) is 23.6 Å². The predicted molar refractivity (Wildman–Crippen MR) is 75.6 cm³/mol. The molecule has 104 valence electrons. The Kier molecular flexibility index (Phi) is 2.67. The maximum absolute atomic E-state index is 12.7. The average Bonchev–Trinajstić information content (AvgIpc) is 2.98. The summed E-state index contributed by atoms with van der Waals surface area (Å²) in [6.07, 6.45) is 5.92. The van der Waals surface area contributed by atoms with Gasteiger partial charge >= 0.3 is 0 Å². The van der Waals surface area contributed by atoms with Gasteiger partial charge in [-0.3, -0.25) is 4.79 Å². The number of aromatic nitrogens is 1. The molecule has 0 N–H and O–H groups in total. The number of hydrogen-bond donors (Lipinski definition) is 0. The Bertz CT molecular complexity index is 649. The van der Waals surface area contributed by atoms with Crippen molar-refractivity contribution in [2.75, 3.05) is 7.05 Å². The Balaban J connectivity index is 1.60. The van der Waals surface area contributed by atoms with E-state index < -0.39 is 0 Å². The molecule has 2 bridgehead atoms. The average molecular weight is 270 g/mol. The minimum atomic E-state index is 0.174. The molecule has 4 heteroatoms. The van der Waals surface area contributed by atoms with Gasteiger partial charge in [0.15, 0.2) is 17.8 Å². The van der Waals surface area contributed by atoms with Gasteiger partial charge in [-0.2, -0.15) is 0 Å². The summed E-state index contributed by atoms with van der Waals surface area (Å²) in [5, 5.41) is 0. The van der Waals surface area contributed by atoms with E-state index in [2.05, 4.69) is 16.9 Å². The number of Topliss-reactive ketones (excluding diaryl/α,β-unsaturated/α-hetero) is 1. The Hall–Kier alpha value is -1.68. The molecule has 0 amide bonds. The van der Waals surface area contributed by atoms with Gasteiger partial charge < -0.3 is 9.32 Å². The molecule has 1 aromatic carbocycles. The Labute approximate surface area is 117 Å². The molecule has 2 aliphatic rings. The molecule has 2 fully saturated rings. The number of ketones is 1. The first-order chi connectivity index (χ1) is 9.72. The second-order valence-electron chi connectivity index (χ2n) is 6.12. The SMILES string of the molecule is CN1C2CCC1CC(C(=O)c1ccc3ocnc3c1)C2. The molecule has 20 heavy (non-hydrogen) atoms. The fraction of sp³-hybridized carbons (Fsp3) is 0.500. The largest absolute Gasteiger partial charge is 0.443 e. The molecule has 0 spiro atoms. The highest BCUT2D eigenvalue weighted by Crippen LogP contribution is 2.38. The third-order valence-corrected chi connectivity index (χ3v) is 5.08. The Morgan fingerprint density at radius 1 is 1.30 bits per heavy atom. The van der Waals surface area contributed by atoms with Gasteiger partial charge in [0.1, 0.15) is 5.52 Å². The van der Waals surface area contributed by atoms with Crippen LogP contribution in [0.2, 0.25) is 0 Å². The molecule has 2 aliphatic heterocycles. The highest BCUT2D eigenvalue weighted by atomic mass is 16.3. The van der Waals surface area contributed by atoms with Crippen LogP contribution in [-0.2, 0) is 0 Å². The molecule has 0 aliphatic carbocycles. The molecule has 3 heterocycles. The molecule has 2 unspecified atom stereocenters. The van der Waals surface area contributed by atoms with Gasteiger partial charge in [0.25, 0.3) is 0 Å². The Morgan fingerprint density at radius 3 is 2.80 bits per heavy atom. The molecule has 2 atom stereocenters. The first-order valence-corrected chi connectivity index (χ1v) is 7.32. The van der Waals surface area contributed by atoms with E-state index >= 15 is 0 Å². The van der Waals surface area contributed by atoms with Gasteiger partial charge in [-0.05, 0) is 50.9 Å².